The smallest absolute Gasteiger partial charge is 0.210 e. The second kappa shape index (κ2) is 9.12. The zero-order valence-corrected chi connectivity index (χ0v) is 18.0. The van der Waals surface area contributed by atoms with Crippen LogP contribution in [0.4, 0.5) is 0 Å². The highest BCUT2D eigenvalue weighted by Crippen LogP contribution is 2.30. The van der Waals surface area contributed by atoms with Crippen molar-refractivity contribution in [1.82, 2.24) is 15.2 Å². The van der Waals surface area contributed by atoms with Gasteiger partial charge in [-0.2, -0.15) is 0 Å². The summed E-state index contributed by atoms with van der Waals surface area (Å²) in [5.74, 6) is 0.289. The number of nitrogens with zero attached hydrogens (tertiary/aromatic N) is 3. The van der Waals surface area contributed by atoms with E-state index >= 15 is 0 Å². The van der Waals surface area contributed by atoms with E-state index in [1.165, 1.54) is 11.8 Å². The Morgan fingerprint density at radius 2 is 1.28 bits per heavy atom. The molecule has 0 amide bonds. The molecule has 154 valence electrons. The van der Waals surface area contributed by atoms with Gasteiger partial charge in [-0.3, -0.25) is 4.79 Å². The van der Waals surface area contributed by atoms with Crippen molar-refractivity contribution >= 4 is 28.3 Å². The van der Waals surface area contributed by atoms with Crippen LogP contribution in [0.3, 0.4) is 0 Å². The Kier molecular flexibility index (Phi) is 5.73. The molecular formula is C27H19N3OS. The van der Waals surface area contributed by atoms with Crippen LogP contribution < -0.4 is 0 Å². The lowest BCUT2D eigenvalue weighted by molar-refractivity contribution is 0.102. The fraction of sp³-hybridized carbons (Fsp3) is 0.0370. The van der Waals surface area contributed by atoms with Crippen LogP contribution in [0.2, 0.25) is 0 Å². The lowest BCUT2D eigenvalue weighted by Gasteiger charge is -2.09. The van der Waals surface area contributed by atoms with Crippen molar-refractivity contribution < 1.29 is 4.79 Å². The van der Waals surface area contributed by atoms with E-state index in [2.05, 4.69) is 10.2 Å². The van der Waals surface area contributed by atoms with Crippen molar-refractivity contribution in [3.8, 4) is 22.5 Å². The van der Waals surface area contributed by atoms with Crippen molar-refractivity contribution in [3.63, 3.8) is 0 Å². The molecule has 0 aliphatic carbocycles. The van der Waals surface area contributed by atoms with E-state index in [-0.39, 0.29) is 11.5 Å². The lowest BCUT2D eigenvalue weighted by atomic mass is 10.0. The first-order chi connectivity index (χ1) is 15.8. The summed E-state index contributed by atoms with van der Waals surface area (Å²) in [5, 5.41) is 11.4. The highest BCUT2D eigenvalue weighted by atomic mass is 32.2. The van der Waals surface area contributed by atoms with Gasteiger partial charge in [0.2, 0.25) is 5.16 Å². The van der Waals surface area contributed by atoms with Crippen molar-refractivity contribution in [2.45, 2.75) is 5.16 Å². The molecule has 0 aliphatic heterocycles. The topological polar surface area (TPSA) is 55.7 Å². The molecular weight excluding hydrogens is 414 g/mol. The molecule has 0 spiro atoms. The third-order valence-corrected chi connectivity index (χ3v) is 6.00. The number of carbonyl (C=O) groups is 1. The summed E-state index contributed by atoms with van der Waals surface area (Å²) in [6.45, 7) is 0. The molecule has 0 radical (unpaired) electrons. The minimum Gasteiger partial charge on any atom is -0.293 e. The molecule has 32 heavy (non-hydrogen) atoms. The zero-order chi connectivity index (χ0) is 21.8. The molecule has 1 aromatic heterocycles. The Morgan fingerprint density at radius 3 is 2.00 bits per heavy atom. The fourth-order valence-corrected chi connectivity index (χ4v) is 4.22. The molecule has 0 bridgehead atoms. The number of carbonyl (C=O) groups excluding carboxylic acids is 1. The van der Waals surface area contributed by atoms with E-state index in [9.17, 15) is 4.79 Å². The Morgan fingerprint density at radius 1 is 0.656 bits per heavy atom. The molecule has 0 fully saturated rings. The van der Waals surface area contributed by atoms with E-state index < -0.39 is 0 Å². The number of fused-ring (bicyclic) bond motifs is 1. The maximum absolute atomic E-state index is 12.8. The van der Waals surface area contributed by atoms with E-state index in [1.807, 2.05) is 103 Å². The van der Waals surface area contributed by atoms with Gasteiger partial charge in [0.1, 0.15) is 11.4 Å². The van der Waals surface area contributed by atoms with E-state index in [0.717, 1.165) is 33.3 Å². The molecule has 4 nitrogen and oxygen atoms in total. The first-order valence-electron chi connectivity index (χ1n) is 10.3. The van der Waals surface area contributed by atoms with Crippen LogP contribution in [0.15, 0.2) is 108 Å². The van der Waals surface area contributed by atoms with Crippen molar-refractivity contribution in [1.29, 1.82) is 0 Å². The molecule has 0 saturated heterocycles. The quantitative estimate of drug-likeness (QED) is 0.231. The molecule has 0 unspecified atom stereocenters. The van der Waals surface area contributed by atoms with E-state index in [1.54, 1.807) is 0 Å². The van der Waals surface area contributed by atoms with Crippen LogP contribution in [0.5, 0.6) is 0 Å². The molecule has 4 aromatic carbocycles. The number of ketones is 1. The van der Waals surface area contributed by atoms with Crippen molar-refractivity contribution in [2.75, 3.05) is 5.75 Å². The Labute approximate surface area is 190 Å². The van der Waals surface area contributed by atoms with Gasteiger partial charge in [-0.05, 0) is 16.8 Å². The predicted molar refractivity (Wildman–Crippen MR) is 130 cm³/mol. The van der Waals surface area contributed by atoms with Gasteiger partial charge >= 0.3 is 0 Å². The van der Waals surface area contributed by atoms with Gasteiger partial charge in [-0.15, -0.1) is 10.2 Å². The third kappa shape index (κ3) is 4.29. The van der Waals surface area contributed by atoms with Crippen LogP contribution in [-0.4, -0.2) is 26.7 Å². The average Bonchev–Trinajstić information content (AvgIpc) is 2.88. The van der Waals surface area contributed by atoms with Gasteiger partial charge in [0.25, 0.3) is 0 Å². The standard InChI is InChI=1S/C27H19N3OS/c31-24(23-16-15-19-9-7-8-14-22(19)17-23)18-32-27-28-25(20-10-3-1-4-11-20)26(29-30-27)21-12-5-2-6-13-21/h1-17H,18H2. The maximum Gasteiger partial charge on any atom is 0.210 e. The van der Waals surface area contributed by atoms with E-state index in [4.69, 9.17) is 4.98 Å². The van der Waals surface area contributed by atoms with Crippen LogP contribution in [0, 0.1) is 0 Å². The largest absolute Gasteiger partial charge is 0.293 e. The summed E-state index contributed by atoms with van der Waals surface area (Å²) in [5.41, 5.74) is 4.09. The molecule has 5 rings (SSSR count). The summed E-state index contributed by atoms with van der Waals surface area (Å²) >= 11 is 1.31. The van der Waals surface area contributed by atoms with Gasteiger partial charge in [0.05, 0.1) is 5.75 Å². The molecule has 5 aromatic rings. The van der Waals surface area contributed by atoms with Crippen molar-refractivity contribution in [3.05, 3.63) is 109 Å². The average molecular weight is 434 g/mol. The van der Waals surface area contributed by atoms with Gasteiger partial charge in [-0.1, -0.05) is 109 Å². The number of rotatable bonds is 6. The second-order valence-electron chi connectivity index (χ2n) is 7.30. The predicted octanol–water partition coefficient (Wildman–Crippen LogP) is 6.33. The minimum atomic E-state index is 0.0396. The summed E-state index contributed by atoms with van der Waals surface area (Å²) in [6, 6.07) is 33.6. The Hall–Kier alpha value is -3.83. The molecule has 5 heteroatoms. The first kappa shape index (κ1) is 20.1. The SMILES string of the molecule is O=C(CSc1nnc(-c2ccccc2)c(-c2ccccc2)n1)c1ccc2ccccc2c1. The summed E-state index contributed by atoms with van der Waals surface area (Å²) in [7, 11) is 0. The van der Waals surface area contributed by atoms with Gasteiger partial charge < -0.3 is 0 Å². The molecule has 0 N–H and O–H groups in total. The fourth-order valence-electron chi connectivity index (χ4n) is 3.54. The summed E-state index contributed by atoms with van der Waals surface area (Å²) in [6.07, 6.45) is 0. The molecule has 0 aliphatic rings. The van der Waals surface area contributed by atoms with Crippen LogP contribution >= 0.6 is 11.8 Å². The Balaban J connectivity index is 1.42. The highest BCUT2D eigenvalue weighted by Gasteiger charge is 2.15. The minimum absolute atomic E-state index is 0.0396. The first-order valence-corrected chi connectivity index (χ1v) is 11.3. The van der Waals surface area contributed by atoms with Gasteiger partial charge in [0.15, 0.2) is 5.78 Å². The second-order valence-corrected chi connectivity index (χ2v) is 8.24. The highest BCUT2D eigenvalue weighted by molar-refractivity contribution is 7.99. The summed E-state index contributed by atoms with van der Waals surface area (Å²) < 4.78 is 0. The van der Waals surface area contributed by atoms with Gasteiger partial charge in [-0.25, -0.2) is 4.98 Å². The number of Topliss-reactive ketones (excluding diaryl/α,β-unsaturated/α-hetero) is 1. The van der Waals surface area contributed by atoms with Crippen LogP contribution in [0.25, 0.3) is 33.3 Å². The number of benzene rings is 4. The normalized spacial score (nSPS) is 10.9. The monoisotopic (exact) mass is 433 g/mol. The van der Waals surface area contributed by atoms with Crippen LogP contribution in [0.1, 0.15) is 10.4 Å². The number of hydrogen-bond donors (Lipinski definition) is 0. The maximum atomic E-state index is 12.8. The van der Waals surface area contributed by atoms with Gasteiger partial charge in [0, 0.05) is 16.7 Å². The molecule has 0 saturated carbocycles. The number of hydrogen-bond acceptors (Lipinski definition) is 5. The van der Waals surface area contributed by atoms with E-state index in [0.29, 0.717) is 10.7 Å². The third-order valence-electron chi connectivity index (χ3n) is 5.17. The number of thioether (sulfide) groups is 1. The lowest BCUT2D eigenvalue weighted by Crippen LogP contribution is -2.05. The molecule has 1 heterocycles. The Bertz CT molecular complexity index is 1390. The zero-order valence-electron chi connectivity index (χ0n) is 17.2. The van der Waals surface area contributed by atoms with Crippen LogP contribution in [-0.2, 0) is 0 Å². The van der Waals surface area contributed by atoms with Crippen molar-refractivity contribution in [2.24, 2.45) is 0 Å². The number of aromatic nitrogens is 3. The summed E-state index contributed by atoms with van der Waals surface area (Å²) in [4.78, 5) is 17.6. The molecule has 0 atom stereocenters.